The largest absolute Gasteiger partial charge is 0.465 e. The average Bonchev–Trinajstić information content (AvgIpc) is 2.58. The highest BCUT2D eigenvalue weighted by Crippen LogP contribution is 2.38. The van der Waals surface area contributed by atoms with E-state index in [4.69, 9.17) is 9.47 Å². The quantitative estimate of drug-likeness (QED) is 0.360. The van der Waals surface area contributed by atoms with Gasteiger partial charge in [-0.25, -0.2) is 0 Å². The number of carbonyl (C=O) groups excluding carboxylic acids is 2. The van der Waals surface area contributed by atoms with Crippen molar-refractivity contribution in [2.45, 2.75) is 79.2 Å². The summed E-state index contributed by atoms with van der Waals surface area (Å²) < 4.78 is 10.7. The first-order valence-electron chi connectivity index (χ1n) is 9.80. The Morgan fingerprint density at radius 1 is 1.04 bits per heavy atom. The lowest BCUT2D eigenvalue weighted by Gasteiger charge is -2.33. The number of hydrogen-bond donors (Lipinski definition) is 2. The van der Waals surface area contributed by atoms with Gasteiger partial charge in [-0.05, 0) is 47.1 Å². The highest BCUT2D eigenvalue weighted by Gasteiger charge is 2.43. The van der Waals surface area contributed by atoms with Crippen LogP contribution in [-0.2, 0) is 19.1 Å². The van der Waals surface area contributed by atoms with E-state index in [0.717, 1.165) is 25.7 Å². The smallest absolute Gasteiger partial charge is 0.311 e. The highest BCUT2D eigenvalue weighted by atomic mass is 16.5. The van der Waals surface area contributed by atoms with Crippen LogP contribution in [0.3, 0.4) is 0 Å². The number of unbranched alkanes of at least 4 members (excludes halogenated alkanes) is 3. The summed E-state index contributed by atoms with van der Waals surface area (Å²) in [5.74, 6) is -0.671. The molecule has 2 unspecified atom stereocenters. The van der Waals surface area contributed by atoms with Crippen molar-refractivity contribution in [3.8, 4) is 0 Å². The van der Waals surface area contributed by atoms with E-state index in [1.807, 2.05) is 13.8 Å². The molecule has 0 amide bonds. The van der Waals surface area contributed by atoms with Gasteiger partial charge in [-0.15, -0.1) is 0 Å². The molecule has 0 fully saturated rings. The first-order chi connectivity index (χ1) is 12.1. The number of carbonyl (C=O) groups is 2. The van der Waals surface area contributed by atoms with Crippen LogP contribution in [0.5, 0.6) is 0 Å². The number of ether oxygens (including phenoxy) is 2. The van der Waals surface area contributed by atoms with E-state index in [1.165, 1.54) is 0 Å². The zero-order valence-electron chi connectivity index (χ0n) is 17.5. The fraction of sp³-hybridized carbons (Fsp3) is 0.900. The molecule has 6 nitrogen and oxygen atoms in total. The van der Waals surface area contributed by atoms with Crippen molar-refractivity contribution in [1.82, 2.24) is 5.32 Å². The van der Waals surface area contributed by atoms with Crippen molar-refractivity contribution in [2.24, 2.45) is 10.8 Å². The molecule has 0 bridgehead atoms. The minimum absolute atomic E-state index is 0.0617. The number of nitrogens with one attached hydrogen (secondary N) is 1. The van der Waals surface area contributed by atoms with E-state index in [9.17, 15) is 14.7 Å². The molecular formula is C20H39NO5. The van der Waals surface area contributed by atoms with E-state index in [1.54, 1.807) is 20.9 Å². The average molecular weight is 374 g/mol. The first-order valence-corrected chi connectivity index (χ1v) is 9.80. The number of esters is 2. The van der Waals surface area contributed by atoms with Gasteiger partial charge in [0.05, 0.1) is 17.4 Å². The van der Waals surface area contributed by atoms with Crippen LogP contribution in [0, 0.1) is 10.8 Å². The van der Waals surface area contributed by atoms with Crippen LogP contribution in [0.4, 0.5) is 0 Å². The lowest BCUT2D eigenvalue weighted by Crippen LogP contribution is -2.40. The van der Waals surface area contributed by atoms with E-state index in [2.05, 4.69) is 12.2 Å². The maximum Gasteiger partial charge on any atom is 0.311 e. The predicted molar refractivity (Wildman–Crippen MR) is 103 cm³/mol. The molecule has 0 spiro atoms. The summed E-state index contributed by atoms with van der Waals surface area (Å²) in [7, 11) is 1.72. The molecule has 0 saturated carbocycles. The van der Waals surface area contributed by atoms with Crippen LogP contribution < -0.4 is 5.32 Å². The van der Waals surface area contributed by atoms with E-state index in [0.29, 0.717) is 26.0 Å². The number of aliphatic hydroxyl groups excluding tert-OH is 1. The molecule has 154 valence electrons. The summed E-state index contributed by atoms with van der Waals surface area (Å²) in [6.07, 6.45) is 4.38. The van der Waals surface area contributed by atoms with Gasteiger partial charge in [-0.2, -0.15) is 0 Å². The molecule has 0 heterocycles. The van der Waals surface area contributed by atoms with Gasteiger partial charge in [-0.1, -0.05) is 33.1 Å². The second kappa shape index (κ2) is 12.3. The van der Waals surface area contributed by atoms with E-state index in [-0.39, 0.29) is 12.6 Å². The lowest BCUT2D eigenvalue weighted by molar-refractivity contribution is -0.164. The third-order valence-electron chi connectivity index (χ3n) is 4.74. The molecule has 6 heteroatoms. The Balaban J connectivity index is 4.66. The molecule has 2 atom stereocenters. The van der Waals surface area contributed by atoms with Crippen LogP contribution in [0.1, 0.15) is 73.1 Å². The first kappa shape index (κ1) is 24.9. The van der Waals surface area contributed by atoms with Crippen LogP contribution >= 0.6 is 0 Å². The fourth-order valence-electron chi connectivity index (χ4n) is 2.92. The third-order valence-corrected chi connectivity index (χ3v) is 4.74. The van der Waals surface area contributed by atoms with Gasteiger partial charge in [0.1, 0.15) is 12.7 Å². The maximum absolute atomic E-state index is 12.6. The van der Waals surface area contributed by atoms with Gasteiger partial charge < -0.3 is 19.9 Å². The van der Waals surface area contributed by atoms with Crippen molar-refractivity contribution >= 4 is 11.9 Å². The molecule has 0 radical (unpaired) electrons. The Kier molecular flexibility index (Phi) is 11.7. The molecular weight excluding hydrogens is 334 g/mol. The Morgan fingerprint density at radius 2 is 1.69 bits per heavy atom. The van der Waals surface area contributed by atoms with Gasteiger partial charge in [0.15, 0.2) is 0 Å². The second-order valence-electron chi connectivity index (χ2n) is 7.98. The van der Waals surface area contributed by atoms with Gasteiger partial charge in [0.2, 0.25) is 0 Å². The van der Waals surface area contributed by atoms with E-state index >= 15 is 0 Å². The Morgan fingerprint density at radius 3 is 2.23 bits per heavy atom. The van der Waals surface area contributed by atoms with Crippen molar-refractivity contribution in [1.29, 1.82) is 0 Å². The number of hydrogen-bond acceptors (Lipinski definition) is 6. The maximum atomic E-state index is 12.6. The number of rotatable bonds is 14. The monoisotopic (exact) mass is 373 g/mol. The number of aliphatic hydroxyl groups is 1. The highest BCUT2D eigenvalue weighted by molar-refractivity contribution is 5.80. The molecule has 0 aliphatic carbocycles. The lowest BCUT2D eigenvalue weighted by atomic mass is 9.72. The van der Waals surface area contributed by atoms with Crippen LogP contribution in [0.2, 0.25) is 0 Å². The summed E-state index contributed by atoms with van der Waals surface area (Å²) in [6.45, 7) is 10.2. The molecule has 0 aliphatic rings. The SMILES string of the molecule is CCCCCCOC(=O)C(C)(CC)CC(C)(C)C(=O)OCC(O)CNC. The molecule has 0 aromatic carbocycles. The summed E-state index contributed by atoms with van der Waals surface area (Å²) in [5, 5.41) is 12.5. The Bertz CT molecular complexity index is 424. The van der Waals surface area contributed by atoms with E-state index < -0.39 is 22.9 Å². The van der Waals surface area contributed by atoms with Crippen LogP contribution in [0.15, 0.2) is 0 Å². The Labute approximate surface area is 159 Å². The van der Waals surface area contributed by atoms with Crippen molar-refractivity contribution in [3.63, 3.8) is 0 Å². The molecule has 2 N–H and O–H groups in total. The molecule has 0 aromatic rings. The molecule has 0 aromatic heterocycles. The predicted octanol–water partition coefficient (Wildman–Crippen LogP) is 3.07. The van der Waals surface area contributed by atoms with Crippen molar-refractivity contribution < 1.29 is 24.2 Å². The topological polar surface area (TPSA) is 84.9 Å². The standard InChI is InChI=1S/C20H39NO5/c1-7-9-10-11-12-25-18(24)20(5,8-2)15-19(3,4)17(23)26-14-16(22)13-21-6/h16,21-22H,7-15H2,1-6H3. The minimum atomic E-state index is -0.842. The summed E-state index contributed by atoms with van der Waals surface area (Å²) in [4.78, 5) is 25.0. The summed E-state index contributed by atoms with van der Waals surface area (Å²) in [6, 6.07) is 0. The van der Waals surface area contributed by atoms with Crippen LogP contribution in [-0.4, -0.2) is 50.0 Å². The van der Waals surface area contributed by atoms with Gasteiger partial charge in [0, 0.05) is 6.54 Å². The molecule has 0 saturated heterocycles. The molecule has 0 rings (SSSR count). The number of likely N-dealkylation sites (N-methyl/N-ethyl adjacent to an activating group) is 1. The van der Waals surface area contributed by atoms with Gasteiger partial charge in [-0.3, -0.25) is 9.59 Å². The van der Waals surface area contributed by atoms with Gasteiger partial charge in [0.25, 0.3) is 0 Å². The molecule has 0 aliphatic heterocycles. The third kappa shape index (κ3) is 8.99. The summed E-state index contributed by atoms with van der Waals surface area (Å²) >= 11 is 0. The Hall–Kier alpha value is -1.14. The van der Waals surface area contributed by atoms with Crippen LogP contribution in [0.25, 0.3) is 0 Å². The zero-order chi connectivity index (χ0) is 20.2. The normalized spacial score (nSPS) is 15.2. The molecule has 26 heavy (non-hydrogen) atoms. The minimum Gasteiger partial charge on any atom is -0.465 e. The zero-order valence-corrected chi connectivity index (χ0v) is 17.5. The van der Waals surface area contributed by atoms with Crippen molar-refractivity contribution in [2.75, 3.05) is 26.8 Å². The fourth-order valence-corrected chi connectivity index (χ4v) is 2.92. The summed E-state index contributed by atoms with van der Waals surface area (Å²) in [5.41, 5.74) is -1.58. The second-order valence-corrected chi connectivity index (χ2v) is 7.98. The van der Waals surface area contributed by atoms with Crippen molar-refractivity contribution in [3.05, 3.63) is 0 Å². The van der Waals surface area contributed by atoms with Gasteiger partial charge >= 0.3 is 11.9 Å².